The van der Waals surface area contributed by atoms with E-state index in [1.54, 1.807) is 36.4 Å². The third-order valence-electron chi connectivity index (χ3n) is 4.38. The Balaban J connectivity index is 1.82. The Bertz CT molecular complexity index is 1200. The van der Waals surface area contributed by atoms with Crippen LogP contribution in [-0.2, 0) is 10.1 Å². The van der Waals surface area contributed by atoms with E-state index in [2.05, 4.69) is 0 Å². The predicted molar refractivity (Wildman–Crippen MR) is 110 cm³/mol. The lowest BCUT2D eigenvalue weighted by atomic mass is 10.0. The van der Waals surface area contributed by atoms with Gasteiger partial charge in [0.15, 0.2) is 11.5 Å². The van der Waals surface area contributed by atoms with Crippen molar-refractivity contribution in [1.82, 2.24) is 0 Å². The molecule has 0 aromatic heterocycles. The molecular formula is C22H18O7S. The lowest BCUT2D eigenvalue weighted by Gasteiger charge is -2.10. The largest absolute Gasteiger partial charge is 0.497 e. The number of benzene rings is 3. The van der Waals surface area contributed by atoms with Crippen molar-refractivity contribution in [3.05, 3.63) is 77.9 Å². The van der Waals surface area contributed by atoms with Gasteiger partial charge in [0, 0.05) is 11.6 Å². The molecule has 0 aliphatic rings. The molecule has 0 fully saturated rings. The highest BCUT2D eigenvalue weighted by Gasteiger charge is 2.21. The standard InChI is InChI=1S/C22H18O7S/c1-14(23)15-3-5-16(6-4-15)17-7-9-18(10-8-17)22(24)29-20-12-11-19(28-2)13-21(20)30(25,26)27/h3-13H,1-2H3,(H,25,26,27). The molecule has 0 atom stereocenters. The molecule has 0 radical (unpaired) electrons. The Kier molecular flexibility index (Phi) is 6.00. The first-order chi connectivity index (χ1) is 14.2. The maximum atomic E-state index is 12.4. The van der Waals surface area contributed by atoms with Crippen LogP contribution in [0, 0.1) is 0 Å². The van der Waals surface area contributed by atoms with Crippen molar-refractivity contribution in [3.8, 4) is 22.6 Å². The van der Waals surface area contributed by atoms with E-state index in [0.29, 0.717) is 5.56 Å². The minimum Gasteiger partial charge on any atom is -0.497 e. The first-order valence-electron chi connectivity index (χ1n) is 8.78. The van der Waals surface area contributed by atoms with Gasteiger partial charge in [-0.3, -0.25) is 9.35 Å². The number of carbonyl (C=O) groups excluding carboxylic acids is 2. The van der Waals surface area contributed by atoms with Crippen LogP contribution in [0.4, 0.5) is 0 Å². The van der Waals surface area contributed by atoms with Crippen molar-refractivity contribution < 1.29 is 32.0 Å². The Labute approximate surface area is 173 Å². The van der Waals surface area contributed by atoms with E-state index in [0.717, 1.165) is 17.2 Å². The van der Waals surface area contributed by atoms with Crippen molar-refractivity contribution in [1.29, 1.82) is 0 Å². The van der Waals surface area contributed by atoms with E-state index in [1.807, 2.05) is 0 Å². The molecule has 0 saturated heterocycles. The van der Waals surface area contributed by atoms with Crippen LogP contribution < -0.4 is 9.47 Å². The molecule has 30 heavy (non-hydrogen) atoms. The number of ketones is 1. The number of rotatable bonds is 6. The minimum absolute atomic E-state index is 0.0255. The van der Waals surface area contributed by atoms with Crippen LogP contribution in [0.15, 0.2) is 71.6 Å². The molecular weight excluding hydrogens is 408 g/mol. The summed E-state index contributed by atoms with van der Waals surface area (Å²) < 4.78 is 42.7. The SMILES string of the molecule is COc1ccc(OC(=O)c2ccc(-c3ccc(C(C)=O)cc3)cc2)c(S(=O)(=O)O)c1. The van der Waals surface area contributed by atoms with Crippen LogP contribution in [0.5, 0.6) is 11.5 Å². The molecule has 7 nitrogen and oxygen atoms in total. The fourth-order valence-electron chi connectivity index (χ4n) is 2.76. The van der Waals surface area contributed by atoms with Crippen molar-refractivity contribution in [2.24, 2.45) is 0 Å². The summed E-state index contributed by atoms with van der Waals surface area (Å²) in [5.41, 5.74) is 2.48. The summed E-state index contributed by atoms with van der Waals surface area (Å²) in [5.74, 6) is -0.944. The highest BCUT2D eigenvalue weighted by molar-refractivity contribution is 7.86. The Hall–Kier alpha value is -3.49. The quantitative estimate of drug-likeness (QED) is 0.274. The molecule has 0 aliphatic carbocycles. The van der Waals surface area contributed by atoms with Crippen LogP contribution in [0.3, 0.4) is 0 Å². The lowest BCUT2D eigenvalue weighted by Crippen LogP contribution is -2.11. The zero-order valence-corrected chi connectivity index (χ0v) is 17.0. The van der Waals surface area contributed by atoms with E-state index in [9.17, 15) is 22.6 Å². The highest BCUT2D eigenvalue weighted by Crippen LogP contribution is 2.29. The average molecular weight is 426 g/mol. The number of hydrogen-bond acceptors (Lipinski definition) is 6. The van der Waals surface area contributed by atoms with Crippen LogP contribution in [0.25, 0.3) is 11.1 Å². The highest BCUT2D eigenvalue weighted by atomic mass is 32.2. The summed E-state index contributed by atoms with van der Waals surface area (Å²) in [4.78, 5) is 23.2. The van der Waals surface area contributed by atoms with Gasteiger partial charge < -0.3 is 9.47 Å². The van der Waals surface area contributed by atoms with Crippen LogP contribution in [0.2, 0.25) is 0 Å². The summed E-state index contributed by atoms with van der Waals surface area (Å²) >= 11 is 0. The number of hydrogen-bond donors (Lipinski definition) is 1. The van der Waals surface area contributed by atoms with Gasteiger partial charge in [-0.1, -0.05) is 36.4 Å². The fraction of sp³-hybridized carbons (Fsp3) is 0.0909. The third kappa shape index (κ3) is 4.73. The summed E-state index contributed by atoms with van der Waals surface area (Å²) in [6.07, 6.45) is 0. The van der Waals surface area contributed by atoms with Gasteiger partial charge in [0.25, 0.3) is 10.1 Å². The maximum Gasteiger partial charge on any atom is 0.343 e. The number of ether oxygens (including phenoxy) is 2. The van der Waals surface area contributed by atoms with E-state index >= 15 is 0 Å². The Morgan fingerprint density at radius 2 is 1.37 bits per heavy atom. The van der Waals surface area contributed by atoms with Gasteiger partial charge in [0.2, 0.25) is 0 Å². The van der Waals surface area contributed by atoms with Gasteiger partial charge in [-0.15, -0.1) is 0 Å². The van der Waals surface area contributed by atoms with Gasteiger partial charge in [-0.2, -0.15) is 8.42 Å². The summed E-state index contributed by atoms with van der Waals surface area (Å²) in [7, 11) is -3.29. The third-order valence-corrected chi connectivity index (χ3v) is 5.25. The van der Waals surface area contributed by atoms with Gasteiger partial charge >= 0.3 is 5.97 Å². The number of methoxy groups -OCH3 is 1. The van der Waals surface area contributed by atoms with Crippen molar-refractivity contribution >= 4 is 21.9 Å². The van der Waals surface area contributed by atoms with Gasteiger partial charge in [0.05, 0.1) is 12.7 Å². The first-order valence-corrected chi connectivity index (χ1v) is 10.2. The predicted octanol–water partition coefficient (Wildman–Crippen LogP) is 4.03. The van der Waals surface area contributed by atoms with Crippen LogP contribution in [-0.4, -0.2) is 31.8 Å². The second kappa shape index (κ2) is 8.48. The average Bonchev–Trinajstić information content (AvgIpc) is 2.73. The summed E-state index contributed by atoms with van der Waals surface area (Å²) in [6.45, 7) is 1.49. The molecule has 0 heterocycles. The molecule has 0 unspecified atom stereocenters. The van der Waals surface area contributed by atoms with Crippen molar-refractivity contribution in [2.75, 3.05) is 7.11 Å². The van der Waals surface area contributed by atoms with E-state index in [1.165, 1.54) is 38.3 Å². The lowest BCUT2D eigenvalue weighted by molar-refractivity contribution is 0.0729. The second-order valence-corrected chi connectivity index (χ2v) is 7.78. The fourth-order valence-corrected chi connectivity index (χ4v) is 3.39. The number of esters is 1. The van der Waals surface area contributed by atoms with Crippen molar-refractivity contribution in [2.45, 2.75) is 11.8 Å². The van der Waals surface area contributed by atoms with Crippen LogP contribution >= 0.6 is 0 Å². The molecule has 3 aromatic rings. The van der Waals surface area contributed by atoms with E-state index in [-0.39, 0.29) is 22.8 Å². The zero-order valence-electron chi connectivity index (χ0n) is 16.2. The van der Waals surface area contributed by atoms with Crippen molar-refractivity contribution in [3.63, 3.8) is 0 Å². The van der Waals surface area contributed by atoms with Gasteiger partial charge in [-0.05, 0) is 42.3 Å². The summed E-state index contributed by atoms with van der Waals surface area (Å²) in [5, 5.41) is 0. The Morgan fingerprint density at radius 1 is 0.833 bits per heavy atom. The van der Waals surface area contributed by atoms with E-state index < -0.39 is 21.0 Å². The maximum absolute atomic E-state index is 12.4. The molecule has 0 aliphatic heterocycles. The number of Topliss-reactive ketones (excluding diaryl/α,β-unsaturated/α-hetero) is 1. The topological polar surface area (TPSA) is 107 Å². The van der Waals surface area contributed by atoms with Crippen LogP contribution in [0.1, 0.15) is 27.6 Å². The second-order valence-electron chi connectivity index (χ2n) is 6.39. The van der Waals surface area contributed by atoms with E-state index in [4.69, 9.17) is 9.47 Å². The molecule has 8 heteroatoms. The Morgan fingerprint density at radius 3 is 1.83 bits per heavy atom. The first kappa shape index (κ1) is 21.2. The molecule has 0 saturated carbocycles. The van der Waals surface area contributed by atoms with Gasteiger partial charge in [-0.25, -0.2) is 4.79 Å². The smallest absolute Gasteiger partial charge is 0.343 e. The zero-order chi connectivity index (χ0) is 21.9. The molecule has 3 aromatic carbocycles. The minimum atomic E-state index is -4.63. The number of carbonyl (C=O) groups is 2. The molecule has 0 bridgehead atoms. The summed E-state index contributed by atoms with van der Waals surface area (Å²) in [6, 6.07) is 17.2. The van der Waals surface area contributed by atoms with Gasteiger partial charge in [0.1, 0.15) is 10.6 Å². The normalized spacial score (nSPS) is 11.0. The molecule has 3 rings (SSSR count). The molecule has 0 amide bonds. The monoisotopic (exact) mass is 426 g/mol. The molecule has 0 spiro atoms. The molecule has 1 N–H and O–H groups in total. The molecule has 154 valence electrons.